The number of nitrogens with zero attached hydrogens (tertiary/aromatic N) is 3. The predicted molar refractivity (Wildman–Crippen MR) is 105 cm³/mol. The van der Waals surface area contributed by atoms with Crippen LogP contribution in [0, 0.1) is 13.8 Å². The second-order valence-electron chi connectivity index (χ2n) is 4.69. The predicted octanol–water partition coefficient (Wildman–Crippen LogP) is 2.65. The molecule has 0 atom stereocenters. The number of aliphatic imine (C=N–C) groups is 1. The van der Waals surface area contributed by atoms with E-state index in [0.717, 1.165) is 22.2 Å². The first kappa shape index (κ1) is 19.6. The zero-order valence-electron chi connectivity index (χ0n) is 13.7. The second kappa shape index (κ2) is 9.66. The Morgan fingerprint density at radius 2 is 2.04 bits per heavy atom. The molecule has 2 aromatic heterocycles. The van der Waals surface area contributed by atoms with Gasteiger partial charge in [-0.3, -0.25) is 4.99 Å². The van der Waals surface area contributed by atoms with E-state index in [-0.39, 0.29) is 24.0 Å². The normalized spacial score (nSPS) is 10.9. The van der Waals surface area contributed by atoms with Crippen LogP contribution in [0.15, 0.2) is 23.3 Å². The van der Waals surface area contributed by atoms with Gasteiger partial charge < -0.3 is 15.4 Å². The van der Waals surface area contributed by atoms with E-state index in [2.05, 4.69) is 25.6 Å². The monoisotopic (exact) mass is 447 g/mol. The zero-order chi connectivity index (χ0) is 15.9. The molecule has 0 bridgehead atoms. The van der Waals surface area contributed by atoms with Crippen LogP contribution in [0.2, 0.25) is 0 Å². The number of nitrogens with one attached hydrogen (secondary N) is 2. The van der Waals surface area contributed by atoms with E-state index in [9.17, 15) is 0 Å². The van der Waals surface area contributed by atoms with Gasteiger partial charge in [0.1, 0.15) is 0 Å². The lowest BCUT2D eigenvalue weighted by molar-refractivity contribution is 0.392. The third-order valence-corrected chi connectivity index (χ3v) is 4.20. The SMILES string of the molecule is CN=C(NCc1cccnc1OC)NCc1sc(C)nc1C.I. The van der Waals surface area contributed by atoms with Crippen LogP contribution in [-0.2, 0) is 13.1 Å². The van der Waals surface area contributed by atoms with Crippen molar-refractivity contribution in [1.29, 1.82) is 0 Å². The molecule has 0 aliphatic carbocycles. The molecule has 0 amide bonds. The molecule has 2 rings (SSSR count). The van der Waals surface area contributed by atoms with Crippen LogP contribution < -0.4 is 15.4 Å². The number of rotatable bonds is 5. The minimum absolute atomic E-state index is 0. The molecule has 0 saturated carbocycles. The number of hydrogen-bond donors (Lipinski definition) is 2. The van der Waals surface area contributed by atoms with Crippen molar-refractivity contribution in [2.45, 2.75) is 26.9 Å². The first-order valence-electron chi connectivity index (χ1n) is 6.99. The van der Waals surface area contributed by atoms with E-state index in [4.69, 9.17) is 4.74 Å². The lowest BCUT2D eigenvalue weighted by Gasteiger charge is -2.12. The maximum Gasteiger partial charge on any atom is 0.218 e. The highest BCUT2D eigenvalue weighted by Gasteiger charge is 2.07. The van der Waals surface area contributed by atoms with Gasteiger partial charge in [-0.15, -0.1) is 35.3 Å². The molecule has 6 nitrogen and oxygen atoms in total. The van der Waals surface area contributed by atoms with Gasteiger partial charge in [0.25, 0.3) is 0 Å². The van der Waals surface area contributed by atoms with E-state index in [1.54, 1.807) is 31.7 Å². The Labute approximate surface area is 157 Å². The quantitative estimate of drug-likeness (QED) is 0.419. The fraction of sp³-hybridized carbons (Fsp3) is 0.400. The molecule has 2 N–H and O–H groups in total. The van der Waals surface area contributed by atoms with E-state index >= 15 is 0 Å². The average Bonchev–Trinajstić information content (AvgIpc) is 2.85. The number of ether oxygens (including phenoxy) is 1. The van der Waals surface area contributed by atoms with Crippen molar-refractivity contribution in [3.8, 4) is 5.88 Å². The minimum Gasteiger partial charge on any atom is -0.481 e. The maximum atomic E-state index is 5.24. The summed E-state index contributed by atoms with van der Waals surface area (Å²) in [5.74, 6) is 1.36. The molecule has 0 aliphatic rings. The lowest BCUT2D eigenvalue weighted by atomic mass is 10.2. The fourth-order valence-electron chi connectivity index (χ4n) is 2.04. The summed E-state index contributed by atoms with van der Waals surface area (Å²) in [5.41, 5.74) is 2.05. The molecule has 2 heterocycles. The first-order chi connectivity index (χ1) is 10.6. The largest absolute Gasteiger partial charge is 0.481 e. The smallest absolute Gasteiger partial charge is 0.218 e. The van der Waals surface area contributed by atoms with E-state index in [1.165, 1.54) is 4.88 Å². The number of hydrogen-bond acceptors (Lipinski definition) is 5. The maximum absolute atomic E-state index is 5.24. The highest BCUT2D eigenvalue weighted by molar-refractivity contribution is 14.0. The van der Waals surface area contributed by atoms with Gasteiger partial charge in [0.2, 0.25) is 5.88 Å². The van der Waals surface area contributed by atoms with Crippen molar-refractivity contribution >= 4 is 41.3 Å². The third kappa shape index (κ3) is 5.61. The minimum atomic E-state index is 0. The highest BCUT2D eigenvalue weighted by Crippen LogP contribution is 2.16. The lowest BCUT2D eigenvalue weighted by Crippen LogP contribution is -2.36. The van der Waals surface area contributed by atoms with E-state index in [0.29, 0.717) is 19.0 Å². The summed E-state index contributed by atoms with van der Waals surface area (Å²) in [5, 5.41) is 7.64. The summed E-state index contributed by atoms with van der Waals surface area (Å²) in [6, 6.07) is 3.86. The number of thiazole rings is 1. The van der Waals surface area contributed by atoms with Crippen molar-refractivity contribution < 1.29 is 4.74 Å². The molecule has 8 heteroatoms. The van der Waals surface area contributed by atoms with Crippen LogP contribution in [-0.4, -0.2) is 30.1 Å². The van der Waals surface area contributed by atoms with Gasteiger partial charge in [-0.05, 0) is 19.9 Å². The summed E-state index contributed by atoms with van der Waals surface area (Å²) in [6.45, 7) is 5.35. The summed E-state index contributed by atoms with van der Waals surface area (Å²) >= 11 is 1.70. The molecule has 126 valence electrons. The molecular formula is C15H22IN5OS. The van der Waals surface area contributed by atoms with Crippen LogP contribution >= 0.6 is 35.3 Å². The number of aryl methyl sites for hydroxylation is 2. The zero-order valence-corrected chi connectivity index (χ0v) is 16.9. The summed E-state index contributed by atoms with van der Waals surface area (Å²) in [6.07, 6.45) is 1.71. The van der Waals surface area contributed by atoms with Gasteiger partial charge in [0, 0.05) is 30.2 Å². The van der Waals surface area contributed by atoms with Gasteiger partial charge in [0.15, 0.2) is 5.96 Å². The van der Waals surface area contributed by atoms with Crippen molar-refractivity contribution in [2.24, 2.45) is 4.99 Å². The highest BCUT2D eigenvalue weighted by atomic mass is 127. The Kier molecular flexibility index (Phi) is 8.24. The first-order valence-corrected chi connectivity index (χ1v) is 7.81. The van der Waals surface area contributed by atoms with Crippen molar-refractivity contribution in [3.05, 3.63) is 39.5 Å². The second-order valence-corrected chi connectivity index (χ2v) is 5.98. The van der Waals surface area contributed by atoms with Gasteiger partial charge in [-0.25, -0.2) is 9.97 Å². The number of pyridine rings is 1. The Balaban J connectivity index is 0.00000264. The Hall–Kier alpha value is -1.42. The van der Waals surface area contributed by atoms with E-state index < -0.39 is 0 Å². The van der Waals surface area contributed by atoms with Crippen LogP contribution in [0.1, 0.15) is 21.1 Å². The molecule has 0 fully saturated rings. The van der Waals surface area contributed by atoms with Crippen LogP contribution in [0.25, 0.3) is 0 Å². The molecule has 0 saturated heterocycles. The third-order valence-electron chi connectivity index (χ3n) is 3.13. The van der Waals surface area contributed by atoms with Gasteiger partial charge in [0.05, 0.1) is 24.4 Å². The van der Waals surface area contributed by atoms with E-state index in [1.807, 2.05) is 26.0 Å². The van der Waals surface area contributed by atoms with Crippen molar-refractivity contribution in [2.75, 3.05) is 14.2 Å². The Morgan fingerprint density at radius 3 is 2.65 bits per heavy atom. The molecule has 23 heavy (non-hydrogen) atoms. The van der Waals surface area contributed by atoms with Crippen LogP contribution in [0.4, 0.5) is 0 Å². The number of guanidine groups is 1. The van der Waals surface area contributed by atoms with Gasteiger partial charge in [-0.2, -0.15) is 0 Å². The summed E-state index contributed by atoms with van der Waals surface area (Å²) in [4.78, 5) is 14.1. The molecular weight excluding hydrogens is 425 g/mol. The fourth-order valence-corrected chi connectivity index (χ4v) is 2.92. The number of methoxy groups -OCH3 is 1. The van der Waals surface area contributed by atoms with Gasteiger partial charge in [-0.1, -0.05) is 6.07 Å². The molecule has 0 radical (unpaired) electrons. The number of aromatic nitrogens is 2. The Morgan fingerprint density at radius 1 is 1.30 bits per heavy atom. The molecule has 0 aromatic carbocycles. The standard InChI is InChI=1S/C15H21N5OS.HI/c1-10-13(22-11(2)20-10)9-19-15(16-3)18-8-12-6-5-7-17-14(12)21-4;/h5-7H,8-9H2,1-4H3,(H2,16,18,19);1H. The number of halogens is 1. The van der Waals surface area contributed by atoms with Crippen LogP contribution in [0.5, 0.6) is 5.88 Å². The molecule has 0 aliphatic heterocycles. The van der Waals surface area contributed by atoms with Gasteiger partial charge >= 0.3 is 0 Å². The topological polar surface area (TPSA) is 71.4 Å². The molecule has 0 spiro atoms. The summed E-state index contributed by atoms with van der Waals surface area (Å²) in [7, 11) is 3.37. The average molecular weight is 447 g/mol. The van der Waals surface area contributed by atoms with Crippen molar-refractivity contribution in [3.63, 3.8) is 0 Å². The summed E-state index contributed by atoms with van der Waals surface area (Å²) < 4.78 is 5.24. The molecule has 2 aromatic rings. The Bertz CT molecular complexity index is 659. The molecule has 0 unspecified atom stereocenters. The van der Waals surface area contributed by atoms with Crippen LogP contribution in [0.3, 0.4) is 0 Å². The van der Waals surface area contributed by atoms with Crippen molar-refractivity contribution in [1.82, 2.24) is 20.6 Å².